The van der Waals surface area contributed by atoms with Gasteiger partial charge in [0.05, 0.1) is 6.04 Å². The van der Waals surface area contributed by atoms with Crippen molar-refractivity contribution in [3.05, 3.63) is 60.2 Å². The third kappa shape index (κ3) is 3.41. The van der Waals surface area contributed by atoms with Crippen LogP contribution < -0.4 is 0 Å². The van der Waals surface area contributed by atoms with Crippen LogP contribution in [0.5, 0.6) is 0 Å². The van der Waals surface area contributed by atoms with E-state index in [1.54, 1.807) is 0 Å². The van der Waals surface area contributed by atoms with Crippen molar-refractivity contribution in [1.82, 2.24) is 4.90 Å². The van der Waals surface area contributed by atoms with Gasteiger partial charge < -0.3 is 4.90 Å². The van der Waals surface area contributed by atoms with Gasteiger partial charge in [-0.15, -0.1) is 13.2 Å². The smallest absolute Gasteiger partial charge is 0.254 e. The van der Waals surface area contributed by atoms with E-state index in [0.717, 1.165) is 30.9 Å². The summed E-state index contributed by atoms with van der Waals surface area (Å²) in [5.41, 5.74) is 3.47. The molecule has 1 amide bonds. The Morgan fingerprint density at radius 1 is 1.26 bits per heavy atom. The lowest BCUT2D eigenvalue weighted by atomic mass is 9.95. The van der Waals surface area contributed by atoms with Crippen molar-refractivity contribution in [2.45, 2.75) is 57.5 Å². The topological polar surface area (TPSA) is 20.3 Å². The summed E-state index contributed by atoms with van der Waals surface area (Å²) < 4.78 is 0. The van der Waals surface area contributed by atoms with Gasteiger partial charge in [0.25, 0.3) is 5.91 Å². The first kappa shape index (κ1) is 16.0. The molecule has 3 rings (SSSR count). The van der Waals surface area contributed by atoms with E-state index >= 15 is 0 Å². The zero-order valence-corrected chi connectivity index (χ0v) is 14.0. The van der Waals surface area contributed by atoms with Crippen LogP contribution in [0.15, 0.2) is 43.5 Å². The summed E-state index contributed by atoms with van der Waals surface area (Å²) in [5, 5.41) is 0. The zero-order valence-electron chi connectivity index (χ0n) is 14.0. The highest BCUT2D eigenvalue weighted by Crippen LogP contribution is 2.31. The maximum absolute atomic E-state index is 12.7. The van der Waals surface area contributed by atoms with E-state index in [1.807, 2.05) is 23.1 Å². The molecule has 1 unspecified atom stereocenters. The quantitative estimate of drug-likeness (QED) is 0.656. The lowest BCUT2D eigenvalue weighted by Gasteiger charge is -2.24. The maximum Gasteiger partial charge on any atom is 0.254 e. The molecule has 0 spiro atoms. The standard InChI is InChI=1S/C21H27NO/c1-3-5-10-19(4-2)22-15-18-14-17(11-12-20(18)21(22)23)13-16-8-6-7-9-16/h3-4,11-12,14,16,19H,1-2,5-10,13,15H2. The van der Waals surface area contributed by atoms with Crippen LogP contribution in [-0.4, -0.2) is 16.8 Å². The van der Waals surface area contributed by atoms with Crippen LogP contribution in [-0.2, 0) is 13.0 Å². The van der Waals surface area contributed by atoms with Gasteiger partial charge in [-0.2, -0.15) is 0 Å². The number of carbonyl (C=O) groups excluding carboxylic acids is 1. The molecule has 1 aliphatic heterocycles. The number of amides is 1. The van der Waals surface area contributed by atoms with Gasteiger partial charge in [0.2, 0.25) is 0 Å². The minimum absolute atomic E-state index is 0.103. The van der Waals surface area contributed by atoms with Gasteiger partial charge in [0.15, 0.2) is 0 Å². The van der Waals surface area contributed by atoms with E-state index < -0.39 is 0 Å². The molecule has 2 heteroatoms. The SMILES string of the molecule is C=CCCC(C=C)N1Cc2cc(CC3CCCC3)ccc2C1=O. The van der Waals surface area contributed by atoms with Crippen molar-refractivity contribution in [2.75, 3.05) is 0 Å². The Balaban J connectivity index is 1.73. The molecule has 2 nitrogen and oxygen atoms in total. The highest BCUT2D eigenvalue weighted by Gasteiger charge is 2.31. The van der Waals surface area contributed by atoms with Crippen LogP contribution in [0.2, 0.25) is 0 Å². The Labute approximate surface area is 139 Å². The molecular weight excluding hydrogens is 282 g/mol. The fourth-order valence-corrected chi connectivity index (χ4v) is 4.03. The van der Waals surface area contributed by atoms with Gasteiger partial charge in [0.1, 0.15) is 0 Å². The summed E-state index contributed by atoms with van der Waals surface area (Å²) >= 11 is 0. The average Bonchev–Trinajstić information content (AvgIpc) is 3.17. The average molecular weight is 309 g/mol. The largest absolute Gasteiger partial charge is 0.328 e. The predicted molar refractivity (Wildman–Crippen MR) is 95.4 cm³/mol. The summed E-state index contributed by atoms with van der Waals surface area (Å²) in [5.74, 6) is 0.996. The molecule has 1 fully saturated rings. The maximum atomic E-state index is 12.7. The molecule has 0 bridgehead atoms. The summed E-state index contributed by atoms with van der Waals surface area (Å²) in [4.78, 5) is 14.6. The minimum atomic E-state index is 0.103. The Kier molecular flexibility index (Phi) is 5.00. The second-order valence-corrected chi connectivity index (χ2v) is 6.95. The number of allylic oxidation sites excluding steroid dienone is 1. The first-order valence-electron chi connectivity index (χ1n) is 8.89. The molecule has 1 saturated carbocycles. The summed E-state index contributed by atoms with van der Waals surface area (Å²) in [7, 11) is 0. The highest BCUT2D eigenvalue weighted by atomic mass is 16.2. The number of carbonyl (C=O) groups is 1. The Hall–Kier alpha value is -1.83. The van der Waals surface area contributed by atoms with Crippen LogP contribution in [0.1, 0.15) is 60.0 Å². The van der Waals surface area contributed by atoms with Gasteiger partial charge in [0, 0.05) is 12.1 Å². The number of fused-ring (bicyclic) bond motifs is 1. The highest BCUT2D eigenvalue weighted by molar-refractivity contribution is 5.98. The van der Waals surface area contributed by atoms with E-state index in [4.69, 9.17) is 0 Å². The number of hydrogen-bond acceptors (Lipinski definition) is 1. The summed E-state index contributed by atoms with van der Waals surface area (Å²) in [6.45, 7) is 8.41. The van der Waals surface area contributed by atoms with Gasteiger partial charge in [-0.25, -0.2) is 0 Å². The van der Waals surface area contributed by atoms with E-state index in [0.29, 0.717) is 0 Å². The fourth-order valence-electron chi connectivity index (χ4n) is 4.03. The Bertz CT molecular complexity index is 598. The molecule has 1 aromatic rings. The number of benzene rings is 1. The van der Waals surface area contributed by atoms with Crippen molar-refractivity contribution in [3.63, 3.8) is 0 Å². The third-order valence-corrected chi connectivity index (χ3v) is 5.34. The molecule has 0 radical (unpaired) electrons. The van der Waals surface area contributed by atoms with E-state index in [9.17, 15) is 4.79 Å². The Morgan fingerprint density at radius 3 is 2.74 bits per heavy atom. The lowest BCUT2D eigenvalue weighted by Crippen LogP contribution is -2.33. The molecule has 0 N–H and O–H groups in total. The lowest BCUT2D eigenvalue weighted by molar-refractivity contribution is 0.0732. The van der Waals surface area contributed by atoms with Crippen molar-refractivity contribution in [2.24, 2.45) is 5.92 Å². The normalized spacial score (nSPS) is 19.0. The molecule has 1 heterocycles. The predicted octanol–water partition coefficient (Wildman–Crippen LogP) is 4.90. The molecule has 1 aromatic carbocycles. The van der Waals surface area contributed by atoms with Crippen molar-refractivity contribution in [1.29, 1.82) is 0 Å². The van der Waals surface area contributed by atoms with Crippen molar-refractivity contribution < 1.29 is 4.79 Å². The molecule has 1 atom stereocenters. The first-order chi connectivity index (χ1) is 11.2. The van der Waals surface area contributed by atoms with E-state index in [1.165, 1.54) is 43.2 Å². The minimum Gasteiger partial charge on any atom is -0.328 e. The van der Waals surface area contributed by atoms with E-state index in [2.05, 4.69) is 25.3 Å². The Morgan fingerprint density at radius 2 is 2.04 bits per heavy atom. The molecular formula is C21H27NO. The molecule has 2 aliphatic rings. The first-order valence-corrected chi connectivity index (χ1v) is 8.89. The number of hydrogen-bond donors (Lipinski definition) is 0. The van der Waals surface area contributed by atoms with Crippen molar-refractivity contribution in [3.8, 4) is 0 Å². The molecule has 0 aromatic heterocycles. The van der Waals surface area contributed by atoms with Gasteiger partial charge in [-0.1, -0.05) is 50.0 Å². The summed E-state index contributed by atoms with van der Waals surface area (Å²) in [6, 6.07) is 6.56. The van der Waals surface area contributed by atoms with Gasteiger partial charge in [-0.05, 0) is 42.4 Å². The van der Waals surface area contributed by atoms with Crippen LogP contribution in [0, 0.1) is 5.92 Å². The molecule has 122 valence electrons. The fraction of sp³-hybridized carbons (Fsp3) is 0.476. The van der Waals surface area contributed by atoms with Crippen molar-refractivity contribution >= 4 is 5.91 Å². The number of nitrogens with zero attached hydrogens (tertiary/aromatic N) is 1. The van der Waals surface area contributed by atoms with Crippen LogP contribution >= 0.6 is 0 Å². The molecule has 1 aliphatic carbocycles. The second-order valence-electron chi connectivity index (χ2n) is 6.95. The zero-order chi connectivity index (χ0) is 16.2. The van der Waals surface area contributed by atoms with Crippen LogP contribution in [0.4, 0.5) is 0 Å². The van der Waals surface area contributed by atoms with E-state index in [-0.39, 0.29) is 11.9 Å². The second kappa shape index (κ2) is 7.16. The van der Waals surface area contributed by atoms with Crippen LogP contribution in [0.3, 0.4) is 0 Å². The van der Waals surface area contributed by atoms with Gasteiger partial charge in [-0.3, -0.25) is 4.79 Å². The monoisotopic (exact) mass is 309 g/mol. The molecule has 0 saturated heterocycles. The third-order valence-electron chi connectivity index (χ3n) is 5.34. The number of rotatable bonds is 7. The van der Waals surface area contributed by atoms with Gasteiger partial charge >= 0.3 is 0 Å². The van der Waals surface area contributed by atoms with Crippen LogP contribution in [0.25, 0.3) is 0 Å². The summed E-state index contributed by atoms with van der Waals surface area (Å²) in [6.07, 6.45) is 12.3. The molecule has 23 heavy (non-hydrogen) atoms.